The van der Waals surface area contributed by atoms with Gasteiger partial charge in [0, 0.05) is 25.0 Å². The Labute approximate surface area is 100 Å². The van der Waals surface area contributed by atoms with E-state index >= 15 is 0 Å². The van der Waals surface area contributed by atoms with Crippen molar-refractivity contribution >= 4 is 22.7 Å². The van der Waals surface area contributed by atoms with Crippen molar-refractivity contribution < 1.29 is 0 Å². The maximum atomic E-state index is 5.76. The van der Waals surface area contributed by atoms with Gasteiger partial charge in [-0.1, -0.05) is 6.07 Å². The van der Waals surface area contributed by atoms with Crippen molar-refractivity contribution in [3.8, 4) is 0 Å². The van der Waals surface area contributed by atoms with Crippen LogP contribution in [-0.2, 0) is 6.42 Å². The molecule has 0 fully saturated rings. The Morgan fingerprint density at radius 1 is 1.31 bits per heavy atom. The average Bonchev–Trinajstić information content (AvgIpc) is 2.78. The van der Waals surface area contributed by atoms with Crippen molar-refractivity contribution in [1.82, 2.24) is 0 Å². The lowest BCUT2D eigenvalue weighted by atomic mass is 10.2. The normalized spacial score (nSPS) is 10.3. The highest BCUT2D eigenvalue weighted by atomic mass is 32.1. The summed E-state index contributed by atoms with van der Waals surface area (Å²) in [4.78, 5) is 2.23. The summed E-state index contributed by atoms with van der Waals surface area (Å²) in [7, 11) is 2.10. The minimum atomic E-state index is 0.819. The van der Waals surface area contributed by atoms with Gasteiger partial charge in [0.1, 0.15) is 0 Å². The van der Waals surface area contributed by atoms with Crippen LogP contribution in [0.15, 0.2) is 41.1 Å². The van der Waals surface area contributed by atoms with Crippen molar-refractivity contribution in [1.29, 1.82) is 0 Å². The van der Waals surface area contributed by atoms with Gasteiger partial charge in [-0.3, -0.25) is 0 Å². The van der Waals surface area contributed by atoms with Crippen molar-refractivity contribution in [2.75, 3.05) is 24.2 Å². The zero-order chi connectivity index (χ0) is 11.4. The predicted molar refractivity (Wildman–Crippen MR) is 72.1 cm³/mol. The molecule has 0 aliphatic heterocycles. The second-order valence-electron chi connectivity index (χ2n) is 3.90. The fraction of sp³-hybridized carbons (Fsp3) is 0.231. The second-order valence-corrected chi connectivity index (χ2v) is 4.68. The summed E-state index contributed by atoms with van der Waals surface area (Å²) in [5.74, 6) is 0. The molecule has 2 N–H and O–H groups in total. The molecular formula is C13H16N2S. The highest BCUT2D eigenvalue weighted by Gasteiger charge is 2.01. The van der Waals surface area contributed by atoms with E-state index in [-0.39, 0.29) is 0 Å². The molecular weight excluding hydrogens is 216 g/mol. The Morgan fingerprint density at radius 3 is 2.88 bits per heavy atom. The zero-order valence-corrected chi connectivity index (χ0v) is 10.2. The van der Waals surface area contributed by atoms with E-state index in [1.54, 1.807) is 11.3 Å². The minimum Gasteiger partial charge on any atom is -0.399 e. The van der Waals surface area contributed by atoms with E-state index in [1.807, 2.05) is 18.2 Å². The third kappa shape index (κ3) is 2.76. The smallest absolute Gasteiger partial charge is 0.0384 e. The van der Waals surface area contributed by atoms with E-state index in [9.17, 15) is 0 Å². The lowest BCUT2D eigenvalue weighted by molar-refractivity contribution is 0.880. The van der Waals surface area contributed by atoms with E-state index < -0.39 is 0 Å². The highest BCUT2D eigenvalue weighted by molar-refractivity contribution is 7.07. The van der Waals surface area contributed by atoms with Gasteiger partial charge in [-0.2, -0.15) is 11.3 Å². The molecule has 0 aliphatic carbocycles. The first-order valence-electron chi connectivity index (χ1n) is 5.33. The summed E-state index contributed by atoms with van der Waals surface area (Å²) in [6, 6.07) is 10.2. The highest BCUT2D eigenvalue weighted by Crippen LogP contribution is 2.16. The topological polar surface area (TPSA) is 29.3 Å². The number of anilines is 2. The Bertz CT molecular complexity index is 437. The molecule has 84 valence electrons. The number of thiophene rings is 1. The number of nitrogens with two attached hydrogens (primary N) is 1. The van der Waals surface area contributed by atoms with Gasteiger partial charge in [0.2, 0.25) is 0 Å². The molecule has 0 aliphatic rings. The number of likely N-dealkylation sites (N-methyl/N-ethyl adjacent to an activating group) is 1. The fourth-order valence-electron chi connectivity index (χ4n) is 1.62. The molecule has 0 unspecified atom stereocenters. The molecule has 2 aromatic rings. The van der Waals surface area contributed by atoms with Crippen LogP contribution in [0.4, 0.5) is 11.4 Å². The van der Waals surface area contributed by atoms with Crippen LogP contribution in [0.25, 0.3) is 0 Å². The molecule has 0 saturated heterocycles. The Hall–Kier alpha value is -1.48. The molecule has 0 bridgehead atoms. The van der Waals surface area contributed by atoms with Crippen molar-refractivity contribution in [3.05, 3.63) is 46.7 Å². The van der Waals surface area contributed by atoms with Gasteiger partial charge in [-0.15, -0.1) is 0 Å². The molecule has 2 rings (SSSR count). The molecule has 0 spiro atoms. The molecule has 0 amide bonds. The molecule has 1 aromatic heterocycles. The number of nitrogens with zero attached hydrogens (tertiary/aromatic N) is 1. The van der Waals surface area contributed by atoms with Gasteiger partial charge in [0.05, 0.1) is 0 Å². The average molecular weight is 232 g/mol. The maximum absolute atomic E-state index is 5.76. The number of nitrogen functional groups attached to an aromatic ring is 1. The maximum Gasteiger partial charge on any atom is 0.0384 e. The molecule has 0 saturated carbocycles. The summed E-state index contributed by atoms with van der Waals surface area (Å²) in [6.07, 6.45) is 1.08. The summed E-state index contributed by atoms with van der Waals surface area (Å²) in [5, 5.41) is 4.32. The van der Waals surface area contributed by atoms with Gasteiger partial charge < -0.3 is 10.6 Å². The summed E-state index contributed by atoms with van der Waals surface area (Å²) >= 11 is 1.75. The van der Waals surface area contributed by atoms with Crippen LogP contribution in [0.3, 0.4) is 0 Å². The van der Waals surface area contributed by atoms with Crippen LogP contribution in [0.5, 0.6) is 0 Å². The Morgan fingerprint density at radius 2 is 2.19 bits per heavy atom. The zero-order valence-electron chi connectivity index (χ0n) is 9.39. The van der Waals surface area contributed by atoms with Gasteiger partial charge >= 0.3 is 0 Å². The number of rotatable bonds is 4. The Kier molecular flexibility index (Phi) is 3.47. The Balaban J connectivity index is 1.95. The van der Waals surface area contributed by atoms with E-state index in [2.05, 4.69) is 34.8 Å². The first-order chi connectivity index (χ1) is 7.75. The first kappa shape index (κ1) is 11.0. The van der Waals surface area contributed by atoms with E-state index in [0.29, 0.717) is 0 Å². The molecule has 2 nitrogen and oxygen atoms in total. The van der Waals surface area contributed by atoms with Crippen LogP contribution in [0.2, 0.25) is 0 Å². The van der Waals surface area contributed by atoms with Crippen molar-refractivity contribution in [3.63, 3.8) is 0 Å². The summed E-state index contributed by atoms with van der Waals surface area (Å²) in [5.41, 5.74) is 9.16. The SMILES string of the molecule is CN(CCc1ccsc1)c1cccc(N)c1. The largest absolute Gasteiger partial charge is 0.399 e. The monoisotopic (exact) mass is 232 g/mol. The van der Waals surface area contributed by atoms with Crippen LogP contribution < -0.4 is 10.6 Å². The first-order valence-corrected chi connectivity index (χ1v) is 6.28. The fourth-order valence-corrected chi connectivity index (χ4v) is 2.33. The van der Waals surface area contributed by atoms with E-state index in [1.165, 1.54) is 11.3 Å². The molecule has 1 aromatic carbocycles. The number of hydrogen-bond donors (Lipinski definition) is 1. The van der Waals surface area contributed by atoms with Gasteiger partial charge in [0.15, 0.2) is 0 Å². The lowest BCUT2D eigenvalue weighted by Gasteiger charge is -2.19. The van der Waals surface area contributed by atoms with E-state index in [0.717, 1.165) is 18.7 Å². The van der Waals surface area contributed by atoms with Crippen LogP contribution in [0.1, 0.15) is 5.56 Å². The third-order valence-electron chi connectivity index (χ3n) is 2.63. The lowest BCUT2D eigenvalue weighted by Crippen LogP contribution is -2.20. The quantitative estimate of drug-likeness (QED) is 0.821. The molecule has 16 heavy (non-hydrogen) atoms. The predicted octanol–water partition coefficient (Wildman–Crippen LogP) is 3.01. The van der Waals surface area contributed by atoms with Gasteiger partial charge in [-0.25, -0.2) is 0 Å². The van der Waals surface area contributed by atoms with Gasteiger partial charge in [0.25, 0.3) is 0 Å². The molecule has 3 heteroatoms. The van der Waals surface area contributed by atoms with Crippen molar-refractivity contribution in [2.45, 2.75) is 6.42 Å². The van der Waals surface area contributed by atoms with Gasteiger partial charge in [-0.05, 0) is 47.0 Å². The standard InChI is InChI=1S/C13H16N2S/c1-15(7-5-11-6-8-16-10-11)13-4-2-3-12(14)9-13/h2-4,6,8-10H,5,7,14H2,1H3. The second kappa shape index (κ2) is 5.03. The minimum absolute atomic E-state index is 0.819. The molecule has 0 radical (unpaired) electrons. The molecule has 0 atom stereocenters. The summed E-state index contributed by atoms with van der Waals surface area (Å²) in [6.45, 7) is 1.01. The van der Waals surface area contributed by atoms with Crippen molar-refractivity contribution in [2.24, 2.45) is 0 Å². The van der Waals surface area contributed by atoms with Crippen LogP contribution in [0, 0.1) is 0 Å². The molecule has 1 heterocycles. The van der Waals surface area contributed by atoms with E-state index in [4.69, 9.17) is 5.73 Å². The third-order valence-corrected chi connectivity index (χ3v) is 3.36. The van der Waals surface area contributed by atoms with Crippen LogP contribution >= 0.6 is 11.3 Å². The van der Waals surface area contributed by atoms with Crippen LogP contribution in [-0.4, -0.2) is 13.6 Å². The number of benzene rings is 1. The summed E-state index contributed by atoms with van der Waals surface area (Å²) < 4.78 is 0. The number of hydrogen-bond acceptors (Lipinski definition) is 3.